The van der Waals surface area contributed by atoms with E-state index in [2.05, 4.69) is 37.9 Å². The number of nitrogens with zero attached hydrogens (tertiary/aromatic N) is 1. The summed E-state index contributed by atoms with van der Waals surface area (Å²) in [5.74, 6) is -1.48. The lowest BCUT2D eigenvalue weighted by molar-refractivity contribution is 0.0153. The minimum atomic E-state index is -0.766. The van der Waals surface area contributed by atoms with Crippen molar-refractivity contribution in [2.45, 2.75) is 58.2 Å². The van der Waals surface area contributed by atoms with Crippen LogP contribution in [0.3, 0.4) is 0 Å². The second kappa shape index (κ2) is 6.01. The van der Waals surface area contributed by atoms with E-state index in [1.54, 1.807) is 12.1 Å². The van der Waals surface area contributed by atoms with Gasteiger partial charge in [0.1, 0.15) is 0 Å². The Kier molecular flexibility index (Phi) is 4.69. The van der Waals surface area contributed by atoms with E-state index in [1.807, 2.05) is 0 Å². The molecule has 118 valence electrons. The molecule has 2 nitrogen and oxygen atoms in total. The van der Waals surface area contributed by atoms with Crippen LogP contribution in [0.25, 0.3) is 0 Å². The zero-order valence-corrected chi connectivity index (χ0v) is 13.5. The van der Waals surface area contributed by atoms with Gasteiger partial charge in [0.15, 0.2) is 11.6 Å². The van der Waals surface area contributed by atoms with Gasteiger partial charge in [-0.25, -0.2) is 8.78 Å². The highest BCUT2D eigenvalue weighted by molar-refractivity contribution is 5.19. The SMILES string of the molecule is CCC1(CC)CN(Cc2cccc(F)c2F)C(C)(C)CN1. The quantitative estimate of drug-likeness (QED) is 0.911. The molecule has 1 saturated heterocycles. The lowest BCUT2D eigenvalue weighted by atomic mass is 9.84. The zero-order chi connectivity index (χ0) is 15.7. The highest BCUT2D eigenvalue weighted by atomic mass is 19.2. The molecule has 0 unspecified atom stereocenters. The van der Waals surface area contributed by atoms with Gasteiger partial charge in [-0.3, -0.25) is 4.90 Å². The number of hydrogen-bond acceptors (Lipinski definition) is 2. The van der Waals surface area contributed by atoms with Crippen molar-refractivity contribution in [1.82, 2.24) is 10.2 Å². The molecule has 1 fully saturated rings. The van der Waals surface area contributed by atoms with Crippen molar-refractivity contribution in [2.24, 2.45) is 0 Å². The fraction of sp³-hybridized carbons (Fsp3) is 0.647. The lowest BCUT2D eigenvalue weighted by Gasteiger charge is -2.52. The second-order valence-electron chi connectivity index (χ2n) is 6.72. The molecule has 0 radical (unpaired) electrons. The van der Waals surface area contributed by atoms with Gasteiger partial charge in [0.2, 0.25) is 0 Å². The Labute approximate surface area is 126 Å². The van der Waals surface area contributed by atoms with Gasteiger partial charge in [-0.2, -0.15) is 0 Å². The summed E-state index contributed by atoms with van der Waals surface area (Å²) in [6, 6.07) is 4.43. The number of hydrogen-bond donors (Lipinski definition) is 1. The van der Waals surface area contributed by atoms with Crippen LogP contribution >= 0.6 is 0 Å². The van der Waals surface area contributed by atoms with Crippen LogP contribution in [0.1, 0.15) is 46.1 Å². The molecule has 0 amide bonds. The Morgan fingerprint density at radius 3 is 2.48 bits per heavy atom. The minimum Gasteiger partial charge on any atom is -0.308 e. The standard InChI is InChI=1S/C17H26F2N2/c1-5-17(6-2)12-21(16(3,4)11-20-17)10-13-8-7-9-14(18)15(13)19/h7-9,20H,5-6,10-12H2,1-4H3. The first-order chi connectivity index (χ1) is 9.83. The summed E-state index contributed by atoms with van der Waals surface area (Å²) in [4.78, 5) is 2.27. The maximum atomic E-state index is 13.9. The van der Waals surface area contributed by atoms with E-state index in [4.69, 9.17) is 0 Å². The molecule has 0 bridgehead atoms. The molecule has 0 atom stereocenters. The van der Waals surface area contributed by atoms with Crippen molar-refractivity contribution in [3.63, 3.8) is 0 Å². The van der Waals surface area contributed by atoms with Crippen molar-refractivity contribution in [1.29, 1.82) is 0 Å². The highest BCUT2D eigenvalue weighted by Crippen LogP contribution is 2.30. The molecule has 4 heteroatoms. The molecule has 1 aliphatic heterocycles. The monoisotopic (exact) mass is 296 g/mol. The number of benzene rings is 1. The first-order valence-electron chi connectivity index (χ1n) is 7.76. The summed E-state index contributed by atoms with van der Waals surface area (Å²) in [5.41, 5.74) is 0.428. The summed E-state index contributed by atoms with van der Waals surface area (Å²) in [6.45, 7) is 10.8. The maximum Gasteiger partial charge on any atom is 0.163 e. The molecule has 0 spiro atoms. The van der Waals surface area contributed by atoms with Gasteiger partial charge in [-0.1, -0.05) is 26.0 Å². The van der Waals surface area contributed by atoms with Crippen molar-refractivity contribution in [3.8, 4) is 0 Å². The zero-order valence-electron chi connectivity index (χ0n) is 13.5. The van der Waals surface area contributed by atoms with Crippen LogP contribution in [0.2, 0.25) is 0 Å². The number of piperazine rings is 1. The molecule has 1 heterocycles. The molecular formula is C17H26F2N2. The first kappa shape index (κ1) is 16.4. The Morgan fingerprint density at radius 2 is 1.86 bits per heavy atom. The van der Waals surface area contributed by atoms with E-state index in [0.29, 0.717) is 12.1 Å². The lowest BCUT2D eigenvalue weighted by Crippen LogP contribution is -2.67. The fourth-order valence-electron chi connectivity index (χ4n) is 3.02. The van der Waals surface area contributed by atoms with E-state index in [-0.39, 0.29) is 11.1 Å². The minimum absolute atomic E-state index is 0.0688. The Morgan fingerprint density at radius 1 is 1.19 bits per heavy atom. The van der Waals surface area contributed by atoms with Gasteiger partial charge in [0.05, 0.1) is 0 Å². The normalized spacial score (nSPS) is 21.4. The third-order valence-corrected chi connectivity index (χ3v) is 4.99. The van der Waals surface area contributed by atoms with Crippen LogP contribution in [-0.4, -0.2) is 29.1 Å². The summed E-state index contributed by atoms with van der Waals surface area (Å²) in [7, 11) is 0. The summed E-state index contributed by atoms with van der Waals surface area (Å²) in [5, 5.41) is 3.65. The van der Waals surface area contributed by atoms with Crippen LogP contribution in [-0.2, 0) is 6.54 Å². The van der Waals surface area contributed by atoms with E-state index in [1.165, 1.54) is 6.07 Å². The van der Waals surface area contributed by atoms with Crippen molar-refractivity contribution in [2.75, 3.05) is 13.1 Å². The highest BCUT2D eigenvalue weighted by Gasteiger charge is 2.40. The Hall–Kier alpha value is -1.00. The molecule has 0 saturated carbocycles. The van der Waals surface area contributed by atoms with Gasteiger partial charge in [0.25, 0.3) is 0 Å². The second-order valence-corrected chi connectivity index (χ2v) is 6.72. The van der Waals surface area contributed by atoms with Crippen LogP contribution in [0.15, 0.2) is 18.2 Å². The average molecular weight is 296 g/mol. The molecule has 1 aromatic carbocycles. The molecule has 1 N–H and O–H groups in total. The van der Waals surface area contributed by atoms with Crippen LogP contribution < -0.4 is 5.32 Å². The molecule has 0 aromatic heterocycles. The van der Waals surface area contributed by atoms with E-state index in [0.717, 1.165) is 25.9 Å². The molecule has 1 aliphatic rings. The van der Waals surface area contributed by atoms with E-state index >= 15 is 0 Å². The molecule has 2 rings (SSSR count). The van der Waals surface area contributed by atoms with Crippen LogP contribution in [0.4, 0.5) is 8.78 Å². The summed E-state index contributed by atoms with van der Waals surface area (Å²) < 4.78 is 27.4. The first-order valence-corrected chi connectivity index (χ1v) is 7.76. The molecule has 21 heavy (non-hydrogen) atoms. The molecule has 0 aliphatic carbocycles. The van der Waals surface area contributed by atoms with Gasteiger partial charge < -0.3 is 5.32 Å². The van der Waals surface area contributed by atoms with Gasteiger partial charge in [-0.15, -0.1) is 0 Å². The summed E-state index contributed by atoms with van der Waals surface area (Å²) >= 11 is 0. The largest absolute Gasteiger partial charge is 0.308 e. The maximum absolute atomic E-state index is 13.9. The van der Waals surface area contributed by atoms with Gasteiger partial charge in [-0.05, 0) is 32.8 Å². The Bertz CT molecular complexity index is 496. The van der Waals surface area contributed by atoms with Gasteiger partial charge in [0, 0.05) is 36.3 Å². The number of rotatable bonds is 4. The predicted octanol–water partition coefficient (Wildman–Crippen LogP) is 3.71. The smallest absolute Gasteiger partial charge is 0.163 e. The predicted molar refractivity (Wildman–Crippen MR) is 82.2 cm³/mol. The summed E-state index contributed by atoms with van der Waals surface area (Å²) in [6.07, 6.45) is 2.06. The number of halogens is 2. The van der Waals surface area contributed by atoms with Crippen LogP contribution in [0.5, 0.6) is 0 Å². The molecule has 1 aromatic rings. The van der Waals surface area contributed by atoms with Crippen molar-refractivity contribution >= 4 is 0 Å². The van der Waals surface area contributed by atoms with Gasteiger partial charge >= 0.3 is 0 Å². The number of nitrogens with one attached hydrogen (secondary N) is 1. The van der Waals surface area contributed by atoms with E-state index < -0.39 is 11.6 Å². The topological polar surface area (TPSA) is 15.3 Å². The van der Waals surface area contributed by atoms with Crippen molar-refractivity contribution in [3.05, 3.63) is 35.4 Å². The Balaban J connectivity index is 2.24. The van der Waals surface area contributed by atoms with Crippen molar-refractivity contribution < 1.29 is 8.78 Å². The fourth-order valence-corrected chi connectivity index (χ4v) is 3.02. The van der Waals surface area contributed by atoms with Crippen LogP contribution in [0, 0.1) is 11.6 Å². The third kappa shape index (κ3) is 3.27. The van der Waals surface area contributed by atoms with E-state index in [9.17, 15) is 8.78 Å². The third-order valence-electron chi connectivity index (χ3n) is 4.99. The average Bonchev–Trinajstić information content (AvgIpc) is 2.46. The molecular weight excluding hydrogens is 270 g/mol.